The molecule has 1 fully saturated rings. The first kappa shape index (κ1) is 19.7. The second kappa shape index (κ2) is 9.21. The molecule has 1 saturated heterocycles. The van der Waals surface area contributed by atoms with Gasteiger partial charge in [0.1, 0.15) is 5.82 Å². The van der Waals surface area contributed by atoms with E-state index in [4.69, 9.17) is 5.73 Å². The largest absolute Gasteiger partial charge is 0.370 e. The van der Waals surface area contributed by atoms with Crippen molar-refractivity contribution in [3.8, 4) is 0 Å². The zero-order valence-corrected chi connectivity index (χ0v) is 16.1. The summed E-state index contributed by atoms with van der Waals surface area (Å²) in [6.07, 6.45) is 0.326. The molecule has 0 unspecified atom stereocenters. The third-order valence-corrected chi connectivity index (χ3v) is 4.76. The smallest absolute Gasteiger partial charge is 0.224 e. The summed E-state index contributed by atoms with van der Waals surface area (Å²) >= 11 is 0. The Bertz CT molecular complexity index is 812. The van der Waals surface area contributed by atoms with Crippen LogP contribution in [0.15, 0.2) is 53.5 Å². The molecule has 1 amide bonds. The number of nitrogens with two attached hydrogens (primary N) is 1. The zero-order chi connectivity index (χ0) is 19.9. The molecule has 2 aromatic carbocycles. The predicted octanol–water partition coefficient (Wildman–Crippen LogP) is 2.60. The number of carbonyl (C=O) groups excluding carboxylic acids is 1. The maximum Gasteiger partial charge on any atom is 0.224 e. The zero-order valence-electron chi connectivity index (χ0n) is 16.1. The summed E-state index contributed by atoms with van der Waals surface area (Å²) < 4.78 is 13.0. The van der Waals surface area contributed by atoms with Gasteiger partial charge in [0.15, 0.2) is 5.96 Å². The van der Waals surface area contributed by atoms with E-state index in [1.165, 1.54) is 17.7 Å². The van der Waals surface area contributed by atoms with Crippen molar-refractivity contribution in [3.63, 3.8) is 0 Å². The lowest BCUT2D eigenvalue weighted by atomic mass is 10.2. The standard InChI is InChI=1S/C21H26FN5O/c1-16-2-6-18(7-3-16)25-21(23)24-11-10-20(28)27-14-12-26(13-15-27)19-8-4-17(22)5-9-19/h2-9H,10-15H2,1H3,(H3,23,24,25). The van der Waals surface area contributed by atoms with E-state index in [1.807, 2.05) is 36.1 Å². The topological polar surface area (TPSA) is 74.0 Å². The Labute approximate surface area is 164 Å². The van der Waals surface area contributed by atoms with Crippen LogP contribution in [0.3, 0.4) is 0 Å². The number of benzene rings is 2. The molecule has 0 radical (unpaired) electrons. The van der Waals surface area contributed by atoms with Crippen molar-refractivity contribution < 1.29 is 9.18 Å². The van der Waals surface area contributed by atoms with Gasteiger partial charge in [0, 0.05) is 44.0 Å². The predicted molar refractivity (Wildman–Crippen MR) is 111 cm³/mol. The van der Waals surface area contributed by atoms with Gasteiger partial charge in [0.05, 0.1) is 6.54 Å². The number of halogens is 1. The molecule has 1 aliphatic rings. The van der Waals surface area contributed by atoms with Crippen LogP contribution in [0.5, 0.6) is 0 Å². The number of hydrogen-bond acceptors (Lipinski definition) is 3. The average Bonchev–Trinajstić information content (AvgIpc) is 2.70. The Morgan fingerprint density at radius 2 is 1.71 bits per heavy atom. The van der Waals surface area contributed by atoms with Gasteiger partial charge >= 0.3 is 0 Å². The number of aryl methyl sites for hydroxylation is 1. The molecule has 7 heteroatoms. The van der Waals surface area contributed by atoms with Crippen LogP contribution in [0.25, 0.3) is 0 Å². The lowest BCUT2D eigenvalue weighted by Crippen LogP contribution is -2.48. The molecule has 3 N–H and O–H groups in total. The fourth-order valence-electron chi connectivity index (χ4n) is 3.12. The van der Waals surface area contributed by atoms with Gasteiger partial charge in [-0.2, -0.15) is 0 Å². The first-order chi connectivity index (χ1) is 13.5. The van der Waals surface area contributed by atoms with Crippen LogP contribution in [0, 0.1) is 12.7 Å². The number of amides is 1. The molecule has 28 heavy (non-hydrogen) atoms. The van der Waals surface area contributed by atoms with Gasteiger partial charge in [-0.3, -0.25) is 9.79 Å². The van der Waals surface area contributed by atoms with Crippen LogP contribution in [-0.4, -0.2) is 49.5 Å². The third-order valence-electron chi connectivity index (χ3n) is 4.76. The summed E-state index contributed by atoms with van der Waals surface area (Å²) in [6, 6.07) is 14.3. The van der Waals surface area contributed by atoms with Gasteiger partial charge in [-0.25, -0.2) is 4.39 Å². The van der Waals surface area contributed by atoms with Crippen molar-refractivity contribution in [3.05, 3.63) is 59.9 Å². The minimum Gasteiger partial charge on any atom is -0.370 e. The Hall–Kier alpha value is -3.09. The molecule has 0 bridgehead atoms. The van der Waals surface area contributed by atoms with Crippen LogP contribution < -0.4 is 16.0 Å². The number of rotatable bonds is 5. The summed E-state index contributed by atoms with van der Waals surface area (Å²) in [4.78, 5) is 20.6. The van der Waals surface area contributed by atoms with Gasteiger partial charge in [-0.05, 0) is 43.3 Å². The molecule has 1 aliphatic heterocycles. The monoisotopic (exact) mass is 383 g/mol. The van der Waals surface area contributed by atoms with Crippen molar-refractivity contribution in [2.75, 3.05) is 42.9 Å². The van der Waals surface area contributed by atoms with Crippen LogP contribution in [-0.2, 0) is 4.79 Å². The van der Waals surface area contributed by atoms with Crippen molar-refractivity contribution in [2.45, 2.75) is 13.3 Å². The molecular formula is C21H26FN5O. The van der Waals surface area contributed by atoms with E-state index < -0.39 is 0 Å². The minimum atomic E-state index is -0.241. The maximum absolute atomic E-state index is 13.0. The van der Waals surface area contributed by atoms with Gasteiger partial charge in [-0.15, -0.1) is 0 Å². The lowest BCUT2D eigenvalue weighted by molar-refractivity contribution is -0.131. The number of carbonyl (C=O) groups is 1. The summed E-state index contributed by atoms with van der Waals surface area (Å²) in [5.74, 6) is 0.137. The van der Waals surface area contributed by atoms with Gasteiger partial charge in [-0.1, -0.05) is 17.7 Å². The first-order valence-corrected chi connectivity index (χ1v) is 9.43. The fraction of sp³-hybridized carbons (Fsp3) is 0.333. The van der Waals surface area contributed by atoms with E-state index in [9.17, 15) is 9.18 Å². The highest BCUT2D eigenvalue weighted by Crippen LogP contribution is 2.17. The molecular weight excluding hydrogens is 357 g/mol. The summed E-state index contributed by atoms with van der Waals surface area (Å²) in [5.41, 5.74) is 8.90. The van der Waals surface area contributed by atoms with E-state index in [1.54, 1.807) is 12.1 Å². The maximum atomic E-state index is 13.0. The van der Waals surface area contributed by atoms with E-state index in [-0.39, 0.29) is 11.7 Å². The lowest BCUT2D eigenvalue weighted by Gasteiger charge is -2.36. The molecule has 148 valence electrons. The van der Waals surface area contributed by atoms with E-state index in [0.717, 1.165) is 24.5 Å². The molecule has 2 aromatic rings. The summed E-state index contributed by atoms with van der Waals surface area (Å²) in [6.45, 7) is 5.14. The SMILES string of the molecule is Cc1ccc(NC(N)=NCCC(=O)N2CCN(c3ccc(F)cc3)CC2)cc1. The van der Waals surface area contributed by atoms with Gasteiger partial charge < -0.3 is 20.9 Å². The Morgan fingerprint density at radius 1 is 1.07 bits per heavy atom. The number of hydrogen-bond donors (Lipinski definition) is 2. The molecule has 6 nitrogen and oxygen atoms in total. The number of guanidine groups is 1. The quantitative estimate of drug-likeness (QED) is 0.615. The van der Waals surface area contributed by atoms with Crippen molar-refractivity contribution in [1.29, 1.82) is 0 Å². The van der Waals surface area contributed by atoms with Crippen LogP contribution in [0.2, 0.25) is 0 Å². The molecule has 0 spiro atoms. The van der Waals surface area contributed by atoms with Crippen LogP contribution in [0.4, 0.5) is 15.8 Å². The summed E-state index contributed by atoms with van der Waals surface area (Å²) in [5, 5.41) is 3.02. The third kappa shape index (κ3) is 5.45. The summed E-state index contributed by atoms with van der Waals surface area (Å²) in [7, 11) is 0. The second-order valence-corrected chi connectivity index (χ2v) is 6.85. The van der Waals surface area contributed by atoms with Crippen molar-refractivity contribution in [2.24, 2.45) is 10.7 Å². The molecule has 1 heterocycles. The molecule has 0 saturated carbocycles. The highest BCUT2D eigenvalue weighted by Gasteiger charge is 2.20. The van der Waals surface area contributed by atoms with Crippen LogP contribution >= 0.6 is 0 Å². The average molecular weight is 383 g/mol. The molecule has 0 aliphatic carbocycles. The first-order valence-electron chi connectivity index (χ1n) is 9.43. The van der Waals surface area contributed by atoms with Gasteiger partial charge in [0.25, 0.3) is 0 Å². The normalized spacial score (nSPS) is 14.9. The van der Waals surface area contributed by atoms with Crippen LogP contribution in [0.1, 0.15) is 12.0 Å². The number of nitrogens with zero attached hydrogens (tertiary/aromatic N) is 3. The number of anilines is 2. The molecule has 3 rings (SSSR count). The number of nitrogens with one attached hydrogen (secondary N) is 1. The number of aliphatic imine (C=N–C) groups is 1. The van der Waals surface area contributed by atoms with E-state index in [0.29, 0.717) is 32.0 Å². The fourth-order valence-corrected chi connectivity index (χ4v) is 3.12. The minimum absolute atomic E-state index is 0.0747. The highest BCUT2D eigenvalue weighted by atomic mass is 19.1. The van der Waals surface area contributed by atoms with Gasteiger partial charge in [0.2, 0.25) is 5.91 Å². The van der Waals surface area contributed by atoms with Crippen molar-refractivity contribution in [1.82, 2.24) is 4.90 Å². The second-order valence-electron chi connectivity index (χ2n) is 6.85. The van der Waals surface area contributed by atoms with E-state index in [2.05, 4.69) is 15.2 Å². The molecule has 0 aromatic heterocycles. The Balaban J connectivity index is 1.41. The van der Waals surface area contributed by atoms with E-state index >= 15 is 0 Å². The Kier molecular flexibility index (Phi) is 6.47. The Morgan fingerprint density at radius 3 is 2.36 bits per heavy atom. The van der Waals surface area contributed by atoms with Crippen molar-refractivity contribution >= 4 is 23.2 Å². The highest BCUT2D eigenvalue weighted by molar-refractivity contribution is 5.92. The molecule has 0 atom stereocenters. The number of piperazine rings is 1.